The van der Waals surface area contributed by atoms with Gasteiger partial charge in [-0.05, 0) is 53.2 Å². The zero-order chi connectivity index (χ0) is 18.1. The lowest BCUT2D eigenvalue weighted by atomic mass is 10.0. The van der Waals surface area contributed by atoms with Gasteiger partial charge in [0.25, 0.3) is 0 Å². The van der Waals surface area contributed by atoms with Crippen LogP contribution in [0.5, 0.6) is 11.5 Å². The summed E-state index contributed by atoms with van der Waals surface area (Å²) in [6.45, 7) is 0. The molecule has 4 aromatic carbocycles. The summed E-state index contributed by atoms with van der Waals surface area (Å²) in [6, 6.07) is 21.5. The number of rotatable bonds is 2. The van der Waals surface area contributed by atoms with Crippen molar-refractivity contribution in [1.82, 2.24) is 0 Å². The largest absolute Gasteiger partial charge is 0.519 e. The summed E-state index contributed by atoms with van der Waals surface area (Å²) < 4.78 is 10.8. The number of carbonyl (C=O) groups is 1. The molecule has 0 heterocycles. The van der Waals surface area contributed by atoms with Crippen LogP contribution in [0, 0.1) is 0 Å². The van der Waals surface area contributed by atoms with Gasteiger partial charge in [-0.3, -0.25) is 0 Å². The molecule has 0 bridgehead atoms. The number of halogens is 2. The number of hydrogen-bond acceptors (Lipinski definition) is 3. The lowest BCUT2D eigenvalue weighted by molar-refractivity contribution is 0.153. The Morgan fingerprint density at radius 1 is 0.769 bits per heavy atom. The number of hydrogen-bond donors (Lipinski definition) is 0. The van der Waals surface area contributed by atoms with Crippen LogP contribution >= 0.6 is 23.2 Å². The van der Waals surface area contributed by atoms with E-state index < -0.39 is 6.16 Å². The van der Waals surface area contributed by atoms with Crippen LogP contribution in [0.1, 0.15) is 0 Å². The summed E-state index contributed by atoms with van der Waals surface area (Å²) in [5.74, 6) is 0.747. The Kier molecular flexibility index (Phi) is 4.41. The summed E-state index contributed by atoms with van der Waals surface area (Å²) in [4.78, 5) is 12.3. The molecule has 5 heteroatoms. The fraction of sp³-hybridized carbons (Fsp3) is 0. The molecule has 0 saturated carbocycles. The van der Waals surface area contributed by atoms with Crippen LogP contribution in [0.4, 0.5) is 4.79 Å². The Morgan fingerprint density at radius 2 is 1.58 bits per heavy atom. The third-order valence-corrected chi connectivity index (χ3v) is 4.52. The molecule has 0 aromatic heterocycles. The third-order valence-electron chi connectivity index (χ3n) is 3.97. The maximum Gasteiger partial charge on any atom is 0.519 e. The van der Waals surface area contributed by atoms with Crippen molar-refractivity contribution in [3.05, 3.63) is 82.8 Å². The number of ether oxygens (including phenoxy) is 2. The van der Waals surface area contributed by atoms with Gasteiger partial charge >= 0.3 is 6.16 Å². The highest BCUT2D eigenvalue weighted by molar-refractivity contribution is 6.37. The Hall–Kier alpha value is -2.75. The minimum atomic E-state index is -0.833. The summed E-state index contributed by atoms with van der Waals surface area (Å²) in [5, 5.41) is 4.14. The molecule has 0 amide bonds. The van der Waals surface area contributed by atoms with Gasteiger partial charge in [0.1, 0.15) is 5.75 Å². The normalized spacial score (nSPS) is 10.8. The van der Waals surface area contributed by atoms with Gasteiger partial charge in [0.15, 0.2) is 5.75 Å². The van der Waals surface area contributed by atoms with Crippen LogP contribution in [0.15, 0.2) is 72.8 Å². The van der Waals surface area contributed by atoms with Gasteiger partial charge in [-0.2, -0.15) is 0 Å². The van der Waals surface area contributed by atoms with E-state index in [1.54, 1.807) is 42.5 Å². The molecule has 3 nitrogen and oxygen atoms in total. The van der Waals surface area contributed by atoms with E-state index in [1.165, 1.54) is 0 Å². The molecule has 4 aromatic rings. The quantitative estimate of drug-likeness (QED) is 0.215. The maximum absolute atomic E-state index is 12.3. The molecule has 0 aliphatic carbocycles. The average Bonchev–Trinajstić information content (AvgIpc) is 2.62. The molecule has 0 unspecified atom stereocenters. The predicted molar refractivity (Wildman–Crippen MR) is 105 cm³/mol. The van der Waals surface area contributed by atoms with E-state index in [1.807, 2.05) is 30.3 Å². The van der Waals surface area contributed by atoms with E-state index in [9.17, 15) is 4.79 Å². The van der Waals surface area contributed by atoms with E-state index in [2.05, 4.69) is 0 Å². The second-order valence-electron chi connectivity index (χ2n) is 5.68. The van der Waals surface area contributed by atoms with Gasteiger partial charge in [-0.25, -0.2) is 4.79 Å². The number of fused-ring (bicyclic) bond motifs is 2. The van der Waals surface area contributed by atoms with Crippen molar-refractivity contribution < 1.29 is 14.3 Å². The van der Waals surface area contributed by atoms with Crippen LogP contribution in [0.3, 0.4) is 0 Å². The Bertz CT molecular complexity index is 1120. The standard InChI is InChI=1S/C21H12Cl2O3/c22-15-9-10-17-14(12-15)11-13-5-4-8-18(23)19(13)20(17)26-21(24)25-16-6-2-1-3-7-16/h1-12H. The zero-order valence-corrected chi connectivity index (χ0v) is 14.9. The predicted octanol–water partition coefficient (Wildman–Crippen LogP) is 6.88. The van der Waals surface area contributed by atoms with Crippen LogP contribution in [-0.4, -0.2) is 6.16 Å². The molecule has 0 aliphatic heterocycles. The van der Waals surface area contributed by atoms with Crippen molar-refractivity contribution in [1.29, 1.82) is 0 Å². The summed E-state index contributed by atoms with van der Waals surface area (Å²) >= 11 is 12.5. The van der Waals surface area contributed by atoms with Gasteiger partial charge in [-0.15, -0.1) is 0 Å². The number of carbonyl (C=O) groups excluding carboxylic acids is 1. The summed E-state index contributed by atoms with van der Waals surface area (Å²) in [7, 11) is 0. The first-order valence-corrected chi connectivity index (χ1v) is 8.62. The lowest BCUT2D eigenvalue weighted by Crippen LogP contribution is -2.14. The molecular weight excluding hydrogens is 371 g/mol. The molecule has 0 radical (unpaired) electrons. The summed E-state index contributed by atoms with van der Waals surface area (Å²) in [6.07, 6.45) is -0.833. The molecule has 4 rings (SSSR count). The van der Waals surface area contributed by atoms with E-state index in [4.69, 9.17) is 32.7 Å². The minimum absolute atomic E-state index is 0.348. The Morgan fingerprint density at radius 3 is 2.38 bits per heavy atom. The monoisotopic (exact) mass is 382 g/mol. The van der Waals surface area contributed by atoms with E-state index >= 15 is 0 Å². The third kappa shape index (κ3) is 3.19. The molecule has 0 aliphatic rings. The van der Waals surface area contributed by atoms with Gasteiger partial charge in [0.05, 0.1) is 5.02 Å². The van der Waals surface area contributed by atoms with Crippen molar-refractivity contribution in [2.45, 2.75) is 0 Å². The first-order chi connectivity index (χ1) is 12.6. The smallest absolute Gasteiger partial charge is 0.395 e. The fourth-order valence-corrected chi connectivity index (χ4v) is 3.31. The highest BCUT2D eigenvalue weighted by atomic mass is 35.5. The number of benzene rings is 4. The molecule has 26 heavy (non-hydrogen) atoms. The highest BCUT2D eigenvalue weighted by Crippen LogP contribution is 2.39. The molecule has 0 N–H and O–H groups in total. The second-order valence-corrected chi connectivity index (χ2v) is 6.52. The first kappa shape index (κ1) is 16.7. The molecular formula is C21H12Cl2O3. The molecule has 0 atom stereocenters. The first-order valence-electron chi connectivity index (χ1n) is 7.87. The SMILES string of the molecule is O=C(Oc1ccccc1)Oc1c2ccc(Cl)cc2cc2cccc(Cl)c12. The summed E-state index contributed by atoms with van der Waals surface area (Å²) in [5.41, 5.74) is 0. The second kappa shape index (κ2) is 6.87. The molecule has 128 valence electrons. The van der Waals surface area contributed by atoms with E-state index in [0.29, 0.717) is 26.9 Å². The topological polar surface area (TPSA) is 35.5 Å². The van der Waals surface area contributed by atoms with Gasteiger partial charge in [0, 0.05) is 15.8 Å². The van der Waals surface area contributed by atoms with Gasteiger partial charge in [0.2, 0.25) is 0 Å². The van der Waals surface area contributed by atoms with Crippen molar-refractivity contribution in [3.8, 4) is 11.5 Å². The van der Waals surface area contributed by atoms with Crippen LogP contribution < -0.4 is 9.47 Å². The average molecular weight is 383 g/mol. The Labute approximate surface area is 159 Å². The zero-order valence-electron chi connectivity index (χ0n) is 13.4. The number of para-hydroxylation sites is 1. The molecule has 0 spiro atoms. The van der Waals surface area contributed by atoms with E-state index in [0.717, 1.165) is 16.2 Å². The van der Waals surface area contributed by atoms with Crippen molar-refractivity contribution in [2.24, 2.45) is 0 Å². The van der Waals surface area contributed by atoms with Crippen molar-refractivity contribution in [2.75, 3.05) is 0 Å². The minimum Gasteiger partial charge on any atom is -0.395 e. The molecule has 0 fully saturated rings. The van der Waals surface area contributed by atoms with Crippen LogP contribution in [0.25, 0.3) is 21.5 Å². The highest BCUT2D eigenvalue weighted by Gasteiger charge is 2.17. The van der Waals surface area contributed by atoms with Gasteiger partial charge < -0.3 is 9.47 Å². The van der Waals surface area contributed by atoms with Crippen LogP contribution in [-0.2, 0) is 0 Å². The maximum atomic E-state index is 12.3. The Balaban J connectivity index is 1.84. The van der Waals surface area contributed by atoms with Crippen molar-refractivity contribution >= 4 is 50.9 Å². The fourth-order valence-electron chi connectivity index (χ4n) is 2.86. The lowest BCUT2D eigenvalue weighted by Gasteiger charge is -2.13. The van der Waals surface area contributed by atoms with E-state index in [-0.39, 0.29) is 0 Å². The van der Waals surface area contributed by atoms with Crippen molar-refractivity contribution in [3.63, 3.8) is 0 Å². The van der Waals surface area contributed by atoms with Crippen LogP contribution in [0.2, 0.25) is 10.0 Å². The van der Waals surface area contributed by atoms with Gasteiger partial charge in [-0.1, -0.05) is 53.5 Å². The molecule has 0 saturated heterocycles.